The summed E-state index contributed by atoms with van der Waals surface area (Å²) in [5, 5.41) is 2.65. The first-order valence-corrected chi connectivity index (χ1v) is 6.83. The fraction of sp³-hybridized carbons (Fsp3) is 0.438. The highest BCUT2D eigenvalue weighted by Gasteiger charge is 2.33. The maximum absolute atomic E-state index is 12.0. The Balaban J connectivity index is 2.78. The van der Waals surface area contributed by atoms with Crippen LogP contribution in [0.1, 0.15) is 26.3 Å². The van der Waals surface area contributed by atoms with Crippen molar-refractivity contribution in [3.8, 4) is 5.75 Å². The van der Waals surface area contributed by atoms with E-state index in [1.165, 1.54) is 13.2 Å². The van der Waals surface area contributed by atoms with Crippen LogP contribution in [-0.4, -0.2) is 37.1 Å². The molecular weight excluding hydrogens is 284 g/mol. The number of nitrogens with one attached hydrogen (secondary N) is 1. The van der Waals surface area contributed by atoms with Crippen LogP contribution in [0.25, 0.3) is 6.08 Å². The second-order valence-electron chi connectivity index (χ2n) is 5.82. The summed E-state index contributed by atoms with van der Waals surface area (Å²) in [6.45, 7) is 5.56. The van der Waals surface area contributed by atoms with Crippen molar-refractivity contribution in [2.24, 2.45) is 5.41 Å². The van der Waals surface area contributed by atoms with E-state index in [4.69, 9.17) is 9.47 Å². The molecule has 0 unspecified atom stereocenters. The van der Waals surface area contributed by atoms with E-state index in [0.29, 0.717) is 5.75 Å². The quantitative estimate of drug-likeness (QED) is 0.663. The van der Waals surface area contributed by atoms with Gasteiger partial charge in [0, 0.05) is 12.3 Å². The van der Waals surface area contributed by atoms with Crippen LogP contribution in [0.3, 0.4) is 0 Å². The van der Waals surface area contributed by atoms with Gasteiger partial charge >= 0.3 is 5.97 Å². The minimum absolute atomic E-state index is 0.381. The first-order valence-electron chi connectivity index (χ1n) is 6.83. The number of carbonyl (C=O) groups is 2. The summed E-state index contributed by atoms with van der Waals surface area (Å²) in [6.07, 6.45) is 6.12. The summed E-state index contributed by atoms with van der Waals surface area (Å²) in [6, 6.07) is 1.02. The molecule has 1 rings (SSSR count). The van der Waals surface area contributed by atoms with E-state index >= 15 is 0 Å². The van der Waals surface area contributed by atoms with E-state index in [1.807, 2.05) is 20.8 Å². The number of aromatic nitrogens is 1. The maximum atomic E-state index is 12.0. The monoisotopic (exact) mass is 306 g/mol. The fourth-order valence-electron chi connectivity index (χ4n) is 1.75. The topological polar surface area (TPSA) is 77.5 Å². The maximum Gasteiger partial charge on any atom is 0.328 e. The molecular formula is C16H22N2O4. The zero-order chi connectivity index (χ0) is 16.8. The molecule has 0 aromatic carbocycles. The van der Waals surface area contributed by atoms with Crippen molar-refractivity contribution in [1.29, 1.82) is 0 Å². The Hall–Kier alpha value is -2.37. The van der Waals surface area contributed by atoms with Gasteiger partial charge in [0.2, 0.25) is 5.91 Å². The van der Waals surface area contributed by atoms with Gasteiger partial charge in [-0.25, -0.2) is 4.79 Å². The molecule has 0 radical (unpaired) electrons. The molecule has 1 N–H and O–H groups in total. The zero-order valence-corrected chi connectivity index (χ0v) is 13.5. The molecule has 0 aliphatic heterocycles. The van der Waals surface area contributed by atoms with Gasteiger partial charge in [-0.15, -0.1) is 0 Å². The van der Waals surface area contributed by atoms with E-state index in [0.717, 1.165) is 5.56 Å². The second kappa shape index (κ2) is 7.59. The summed E-state index contributed by atoms with van der Waals surface area (Å²) < 4.78 is 9.79. The third kappa shape index (κ3) is 5.20. The van der Waals surface area contributed by atoms with Crippen molar-refractivity contribution in [1.82, 2.24) is 10.3 Å². The average molecular weight is 306 g/mol. The number of ether oxygens (including phenoxy) is 2. The summed E-state index contributed by atoms with van der Waals surface area (Å²) >= 11 is 0. The second-order valence-corrected chi connectivity index (χ2v) is 5.82. The van der Waals surface area contributed by atoms with Crippen molar-refractivity contribution < 1.29 is 19.1 Å². The lowest BCUT2D eigenvalue weighted by Crippen LogP contribution is -2.49. The number of amides is 1. The van der Waals surface area contributed by atoms with Gasteiger partial charge in [0.15, 0.2) is 0 Å². The van der Waals surface area contributed by atoms with Crippen LogP contribution in [-0.2, 0) is 14.3 Å². The van der Waals surface area contributed by atoms with Crippen LogP contribution in [0.4, 0.5) is 0 Å². The number of hydrogen-bond donors (Lipinski definition) is 1. The van der Waals surface area contributed by atoms with Crippen LogP contribution in [0.2, 0.25) is 0 Å². The van der Waals surface area contributed by atoms with Gasteiger partial charge in [-0.2, -0.15) is 0 Å². The van der Waals surface area contributed by atoms with Gasteiger partial charge in [-0.05, 0) is 23.1 Å². The van der Waals surface area contributed by atoms with Crippen LogP contribution < -0.4 is 10.1 Å². The van der Waals surface area contributed by atoms with Crippen LogP contribution in [0.15, 0.2) is 24.5 Å². The molecule has 1 aromatic rings. The number of pyridine rings is 1. The molecule has 0 aliphatic carbocycles. The minimum Gasteiger partial charge on any atom is -0.495 e. The SMILES string of the molecule is COC(=O)[C@@H](NC(=O)C=Cc1cncc(OC)c1)C(C)(C)C. The molecule has 0 aliphatic rings. The van der Waals surface area contributed by atoms with Crippen molar-refractivity contribution in [3.63, 3.8) is 0 Å². The van der Waals surface area contributed by atoms with Gasteiger partial charge < -0.3 is 14.8 Å². The summed E-state index contributed by atoms with van der Waals surface area (Å²) in [5.74, 6) is -0.255. The first-order chi connectivity index (χ1) is 10.3. The van der Waals surface area contributed by atoms with Crippen molar-refractivity contribution in [2.45, 2.75) is 26.8 Å². The Morgan fingerprint density at radius 1 is 1.27 bits per heavy atom. The highest BCUT2D eigenvalue weighted by molar-refractivity contribution is 5.94. The molecule has 0 spiro atoms. The normalized spacial score (nSPS) is 12.8. The first kappa shape index (κ1) is 17.7. The van der Waals surface area contributed by atoms with E-state index in [9.17, 15) is 9.59 Å². The third-order valence-corrected chi connectivity index (χ3v) is 2.99. The molecule has 1 heterocycles. The highest BCUT2D eigenvalue weighted by atomic mass is 16.5. The van der Waals surface area contributed by atoms with Gasteiger partial charge in [0.25, 0.3) is 0 Å². The molecule has 6 nitrogen and oxygen atoms in total. The van der Waals surface area contributed by atoms with Gasteiger partial charge in [0.1, 0.15) is 11.8 Å². The Morgan fingerprint density at radius 2 is 1.95 bits per heavy atom. The molecule has 120 valence electrons. The molecule has 0 bridgehead atoms. The van der Waals surface area contributed by atoms with Gasteiger partial charge in [-0.1, -0.05) is 20.8 Å². The minimum atomic E-state index is -0.724. The number of esters is 1. The van der Waals surface area contributed by atoms with Gasteiger partial charge in [-0.3, -0.25) is 9.78 Å². The molecule has 0 fully saturated rings. The zero-order valence-electron chi connectivity index (χ0n) is 13.5. The van der Waals surface area contributed by atoms with E-state index in [1.54, 1.807) is 31.6 Å². The van der Waals surface area contributed by atoms with Crippen molar-refractivity contribution >= 4 is 18.0 Å². The summed E-state index contributed by atoms with van der Waals surface area (Å²) in [7, 11) is 2.84. The largest absolute Gasteiger partial charge is 0.495 e. The summed E-state index contributed by atoms with van der Waals surface area (Å²) in [4.78, 5) is 27.7. The van der Waals surface area contributed by atoms with Crippen LogP contribution >= 0.6 is 0 Å². The smallest absolute Gasteiger partial charge is 0.328 e. The predicted octanol–water partition coefficient (Wildman–Crippen LogP) is 1.81. The van der Waals surface area contributed by atoms with Gasteiger partial charge in [0.05, 0.1) is 20.4 Å². The molecule has 22 heavy (non-hydrogen) atoms. The average Bonchev–Trinajstić information content (AvgIpc) is 2.49. The van der Waals surface area contributed by atoms with Crippen LogP contribution in [0.5, 0.6) is 5.75 Å². The molecule has 1 aromatic heterocycles. The van der Waals surface area contributed by atoms with E-state index in [-0.39, 0.29) is 5.91 Å². The Kier molecular flexibility index (Phi) is 6.10. The lowest BCUT2D eigenvalue weighted by atomic mass is 9.86. The molecule has 0 saturated heterocycles. The van der Waals surface area contributed by atoms with E-state index in [2.05, 4.69) is 10.3 Å². The Morgan fingerprint density at radius 3 is 2.50 bits per heavy atom. The lowest BCUT2D eigenvalue weighted by Gasteiger charge is -2.28. The summed E-state index contributed by atoms with van der Waals surface area (Å²) in [5.41, 5.74) is 0.272. The molecule has 1 atom stereocenters. The Labute approximate surface area is 130 Å². The molecule has 6 heteroatoms. The fourth-order valence-corrected chi connectivity index (χ4v) is 1.75. The number of methoxy groups -OCH3 is 2. The number of carbonyl (C=O) groups excluding carboxylic acids is 2. The number of rotatable bonds is 5. The number of hydrogen-bond acceptors (Lipinski definition) is 5. The Bertz CT molecular complexity index is 562. The third-order valence-electron chi connectivity index (χ3n) is 2.99. The molecule has 0 saturated carbocycles. The predicted molar refractivity (Wildman–Crippen MR) is 83.2 cm³/mol. The van der Waals surface area contributed by atoms with Crippen LogP contribution in [0, 0.1) is 5.41 Å². The highest BCUT2D eigenvalue weighted by Crippen LogP contribution is 2.20. The molecule has 1 amide bonds. The van der Waals surface area contributed by atoms with Crippen molar-refractivity contribution in [3.05, 3.63) is 30.1 Å². The number of nitrogens with zero attached hydrogens (tertiary/aromatic N) is 1. The standard InChI is InChI=1S/C16H22N2O4/c1-16(2,3)14(15(20)22-5)18-13(19)7-6-11-8-12(21-4)10-17-9-11/h6-10,14H,1-5H3,(H,18,19)/t14-/m1/s1. The lowest BCUT2D eigenvalue weighted by molar-refractivity contribution is -0.147. The van der Waals surface area contributed by atoms with E-state index < -0.39 is 17.4 Å². The van der Waals surface area contributed by atoms with Crippen molar-refractivity contribution in [2.75, 3.05) is 14.2 Å².